The van der Waals surface area contributed by atoms with Crippen LogP contribution in [-0.4, -0.2) is 48.0 Å². The minimum atomic E-state index is -1.13. The van der Waals surface area contributed by atoms with E-state index in [0.29, 0.717) is 11.1 Å². The van der Waals surface area contributed by atoms with Gasteiger partial charge in [-0.1, -0.05) is 5.57 Å². The van der Waals surface area contributed by atoms with Crippen LogP contribution in [0.4, 0.5) is 0 Å². The van der Waals surface area contributed by atoms with Gasteiger partial charge in [0.2, 0.25) is 0 Å². The Morgan fingerprint density at radius 2 is 1.53 bits per heavy atom. The monoisotopic (exact) mass is 624 g/mol. The second-order valence-electron chi connectivity index (χ2n) is 11.5. The molecule has 0 aliphatic carbocycles. The number of benzene rings is 2. The number of carbonyl (C=O) groups is 5. The summed E-state index contributed by atoms with van der Waals surface area (Å²) in [6.07, 6.45) is -1.33. The van der Waals surface area contributed by atoms with E-state index in [-0.39, 0.29) is 47.3 Å². The first-order chi connectivity index (χ1) is 21.0. The molecule has 0 spiro atoms. The molecular weight excluding hydrogens is 588 g/mol. The summed E-state index contributed by atoms with van der Waals surface area (Å²) in [5.74, 6) is -2.43. The van der Waals surface area contributed by atoms with Crippen LogP contribution in [0, 0.1) is 0 Å². The van der Waals surface area contributed by atoms with Crippen molar-refractivity contribution in [3.8, 4) is 28.7 Å². The van der Waals surface area contributed by atoms with Crippen LogP contribution < -0.4 is 23.7 Å². The minimum Gasteiger partial charge on any atom is -0.486 e. The molecule has 0 amide bonds. The molecule has 45 heavy (non-hydrogen) atoms. The zero-order chi connectivity index (χ0) is 33.2. The van der Waals surface area contributed by atoms with Crippen molar-refractivity contribution in [2.45, 2.75) is 85.7 Å². The third kappa shape index (κ3) is 7.62. The summed E-state index contributed by atoms with van der Waals surface area (Å²) in [6, 6.07) is 5.95. The van der Waals surface area contributed by atoms with Crippen molar-refractivity contribution >= 4 is 29.7 Å². The molecule has 4 rings (SSSR count). The zero-order valence-corrected chi connectivity index (χ0v) is 26.4. The first kappa shape index (κ1) is 33.0. The summed E-state index contributed by atoms with van der Waals surface area (Å²) in [6.45, 7) is 12.3. The summed E-state index contributed by atoms with van der Waals surface area (Å²) >= 11 is 0. The summed E-state index contributed by atoms with van der Waals surface area (Å²) in [5.41, 5.74) is 0.698. The number of ketones is 1. The van der Waals surface area contributed by atoms with Gasteiger partial charge in [0.1, 0.15) is 41.1 Å². The Balaban J connectivity index is 1.87. The topological polar surface area (TPSA) is 150 Å². The van der Waals surface area contributed by atoms with Crippen LogP contribution in [-0.2, 0) is 28.7 Å². The van der Waals surface area contributed by atoms with Gasteiger partial charge in [-0.3, -0.25) is 24.0 Å². The van der Waals surface area contributed by atoms with Crippen LogP contribution in [0.1, 0.15) is 95.5 Å². The molecule has 0 fully saturated rings. The zero-order valence-electron chi connectivity index (χ0n) is 26.4. The first-order valence-corrected chi connectivity index (χ1v) is 14.3. The van der Waals surface area contributed by atoms with E-state index in [0.717, 1.165) is 5.57 Å². The van der Waals surface area contributed by atoms with Gasteiger partial charge in [-0.05, 0) is 51.5 Å². The van der Waals surface area contributed by atoms with Crippen LogP contribution in [0.25, 0.3) is 0 Å². The SMILES string of the molecule is CC(=O)Oc1cc(OC(C)=O)c2c(c1)OC(c1cc(OCC=C(C)C)c3c(c1)C(OC(C)=O)C(OC(C)=O)C(C)(C)O3)CC2=O. The van der Waals surface area contributed by atoms with Crippen LogP contribution in [0.2, 0.25) is 0 Å². The molecule has 0 saturated carbocycles. The number of rotatable bonds is 8. The van der Waals surface area contributed by atoms with Crippen molar-refractivity contribution in [3.05, 3.63) is 52.6 Å². The van der Waals surface area contributed by atoms with Gasteiger partial charge in [-0.25, -0.2) is 0 Å². The van der Waals surface area contributed by atoms with Crippen molar-refractivity contribution in [1.82, 2.24) is 0 Å². The molecule has 3 unspecified atom stereocenters. The molecule has 2 aliphatic heterocycles. The van der Waals surface area contributed by atoms with Gasteiger partial charge in [-0.15, -0.1) is 0 Å². The average molecular weight is 625 g/mol. The molecule has 12 nitrogen and oxygen atoms in total. The van der Waals surface area contributed by atoms with Gasteiger partial charge in [-0.2, -0.15) is 0 Å². The van der Waals surface area contributed by atoms with Gasteiger partial charge in [0.15, 0.2) is 29.5 Å². The molecule has 2 aromatic rings. The number of ether oxygens (including phenoxy) is 7. The van der Waals surface area contributed by atoms with Crippen molar-refractivity contribution in [2.24, 2.45) is 0 Å². The first-order valence-electron chi connectivity index (χ1n) is 14.3. The minimum absolute atomic E-state index is 0.0110. The van der Waals surface area contributed by atoms with Crippen molar-refractivity contribution in [1.29, 1.82) is 0 Å². The van der Waals surface area contributed by atoms with E-state index < -0.39 is 53.6 Å². The van der Waals surface area contributed by atoms with Crippen molar-refractivity contribution in [3.63, 3.8) is 0 Å². The van der Waals surface area contributed by atoms with E-state index in [9.17, 15) is 24.0 Å². The number of carbonyl (C=O) groups excluding carboxylic acids is 5. The Labute approximate surface area is 260 Å². The summed E-state index contributed by atoms with van der Waals surface area (Å²) in [4.78, 5) is 61.4. The number of Topliss-reactive ketones (excluding diaryl/α,β-unsaturated/α-hetero) is 1. The summed E-state index contributed by atoms with van der Waals surface area (Å²) in [5, 5.41) is 0. The molecule has 0 aromatic heterocycles. The van der Waals surface area contributed by atoms with Gasteiger partial charge >= 0.3 is 23.9 Å². The van der Waals surface area contributed by atoms with Crippen molar-refractivity contribution < 1.29 is 57.1 Å². The molecule has 2 heterocycles. The van der Waals surface area contributed by atoms with Gasteiger partial charge < -0.3 is 33.2 Å². The molecule has 0 saturated heterocycles. The van der Waals surface area contributed by atoms with Gasteiger partial charge in [0.25, 0.3) is 0 Å². The Morgan fingerprint density at radius 1 is 0.867 bits per heavy atom. The number of hydrogen-bond acceptors (Lipinski definition) is 12. The van der Waals surface area contributed by atoms with Gasteiger partial charge in [0, 0.05) is 45.4 Å². The summed E-state index contributed by atoms with van der Waals surface area (Å²) in [7, 11) is 0. The fourth-order valence-corrected chi connectivity index (χ4v) is 5.14. The molecule has 0 N–H and O–H groups in total. The molecule has 2 aliphatic rings. The van der Waals surface area contributed by atoms with E-state index in [4.69, 9.17) is 33.2 Å². The lowest BCUT2D eigenvalue weighted by atomic mass is 9.85. The Morgan fingerprint density at radius 3 is 2.13 bits per heavy atom. The normalized spacial score (nSPS) is 19.4. The molecule has 0 bridgehead atoms. The Hall–Kier alpha value is -4.87. The van der Waals surface area contributed by atoms with Crippen LogP contribution in [0.3, 0.4) is 0 Å². The Bertz CT molecular complexity index is 1580. The van der Waals surface area contributed by atoms with E-state index in [2.05, 4.69) is 0 Å². The van der Waals surface area contributed by atoms with Crippen LogP contribution in [0.5, 0.6) is 28.7 Å². The molecule has 240 valence electrons. The maximum absolute atomic E-state index is 13.5. The standard InChI is InChI=1S/C33H36O12/c1-16(2)9-10-39-28-12-21(11-23-30(28)45-33(7,8)32(43-20(6)37)31(23)42-19(5)36)25-15-24(38)29-26(41-18(4)35)13-22(40-17(3)34)14-27(29)44-25/h9,11-14,25,31-32H,10,15H2,1-8H3. The lowest BCUT2D eigenvalue weighted by Gasteiger charge is -2.43. The third-order valence-electron chi connectivity index (χ3n) is 6.90. The Kier molecular flexibility index (Phi) is 9.55. The molecule has 12 heteroatoms. The van der Waals surface area contributed by atoms with E-state index >= 15 is 0 Å². The predicted octanol–water partition coefficient (Wildman–Crippen LogP) is 5.30. The van der Waals surface area contributed by atoms with Gasteiger partial charge in [0.05, 0.1) is 6.42 Å². The van der Waals surface area contributed by atoms with E-state index in [1.54, 1.807) is 26.0 Å². The highest BCUT2D eigenvalue weighted by Crippen LogP contribution is 2.51. The second-order valence-corrected chi connectivity index (χ2v) is 11.5. The largest absolute Gasteiger partial charge is 0.486 e. The van der Waals surface area contributed by atoms with Crippen molar-refractivity contribution in [2.75, 3.05) is 6.61 Å². The third-order valence-corrected chi connectivity index (χ3v) is 6.90. The summed E-state index contributed by atoms with van der Waals surface area (Å²) < 4.78 is 40.5. The van der Waals surface area contributed by atoms with E-state index in [1.165, 1.54) is 39.8 Å². The lowest BCUT2D eigenvalue weighted by Crippen LogP contribution is -2.52. The molecule has 0 radical (unpaired) electrons. The predicted molar refractivity (Wildman–Crippen MR) is 158 cm³/mol. The number of hydrogen-bond donors (Lipinski definition) is 0. The molecular formula is C33H36O12. The van der Waals surface area contributed by atoms with Crippen LogP contribution >= 0.6 is 0 Å². The fourth-order valence-electron chi connectivity index (χ4n) is 5.14. The van der Waals surface area contributed by atoms with Crippen LogP contribution in [0.15, 0.2) is 35.9 Å². The smallest absolute Gasteiger partial charge is 0.308 e. The number of esters is 4. The average Bonchev–Trinajstić information content (AvgIpc) is 2.89. The molecule has 3 atom stereocenters. The number of allylic oxidation sites excluding steroid dienone is 1. The van der Waals surface area contributed by atoms with E-state index in [1.807, 2.05) is 19.9 Å². The fraction of sp³-hybridized carbons (Fsp3) is 0.424. The highest BCUT2D eigenvalue weighted by Gasteiger charge is 2.50. The highest BCUT2D eigenvalue weighted by molar-refractivity contribution is 6.03. The molecule has 2 aromatic carbocycles. The lowest BCUT2D eigenvalue weighted by molar-refractivity contribution is -0.188. The maximum Gasteiger partial charge on any atom is 0.308 e. The second kappa shape index (κ2) is 13.0. The quantitative estimate of drug-likeness (QED) is 0.213. The number of fused-ring (bicyclic) bond motifs is 2. The maximum atomic E-state index is 13.5. The highest BCUT2D eigenvalue weighted by atomic mass is 16.6.